The molecule has 138 valence electrons. The van der Waals surface area contributed by atoms with Crippen molar-refractivity contribution in [3.8, 4) is 5.75 Å². The molecule has 0 atom stereocenters. The van der Waals surface area contributed by atoms with Crippen molar-refractivity contribution in [2.75, 3.05) is 13.2 Å². The van der Waals surface area contributed by atoms with E-state index in [1.807, 2.05) is 26.0 Å². The predicted octanol–water partition coefficient (Wildman–Crippen LogP) is 5.32. The molecule has 0 heterocycles. The molecule has 4 nitrogen and oxygen atoms in total. The van der Waals surface area contributed by atoms with Crippen molar-refractivity contribution in [2.45, 2.75) is 72.4 Å². The van der Waals surface area contributed by atoms with Gasteiger partial charge in [0.15, 0.2) is 6.16 Å². The van der Waals surface area contributed by atoms with Gasteiger partial charge in [-0.2, -0.15) is 13.9 Å². The Morgan fingerprint density at radius 3 is 1.54 bits per heavy atom. The average molecular weight is 357 g/mol. The molecular formula is C19H34O4P+. The van der Waals surface area contributed by atoms with Crippen LogP contribution in [0.1, 0.15) is 72.1 Å². The van der Waals surface area contributed by atoms with Crippen molar-refractivity contribution < 1.29 is 19.0 Å². The third kappa shape index (κ3) is 5.42. The van der Waals surface area contributed by atoms with Crippen LogP contribution in [0.2, 0.25) is 0 Å². The van der Waals surface area contributed by atoms with Crippen LogP contribution in [0.25, 0.3) is 0 Å². The summed E-state index contributed by atoms with van der Waals surface area (Å²) in [6, 6.07) is 3.93. The lowest BCUT2D eigenvalue weighted by atomic mass is 9.78. The fourth-order valence-electron chi connectivity index (χ4n) is 2.69. The van der Waals surface area contributed by atoms with E-state index in [4.69, 9.17) is 9.05 Å². The fourth-order valence-corrected chi connectivity index (χ4v) is 4.40. The van der Waals surface area contributed by atoms with Gasteiger partial charge in [-0.1, -0.05) is 41.5 Å². The fraction of sp³-hybridized carbons (Fsp3) is 0.684. The van der Waals surface area contributed by atoms with Crippen molar-refractivity contribution in [2.24, 2.45) is 0 Å². The van der Waals surface area contributed by atoms with Crippen LogP contribution in [-0.4, -0.2) is 23.2 Å². The first-order chi connectivity index (χ1) is 10.8. The highest BCUT2D eigenvalue weighted by molar-refractivity contribution is 7.59. The Kier molecular flexibility index (Phi) is 6.85. The monoisotopic (exact) mass is 357 g/mol. The van der Waals surface area contributed by atoms with Crippen LogP contribution in [0.5, 0.6) is 5.75 Å². The second kappa shape index (κ2) is 7.70. The number of rotatable bonds is 6. The number of hydrogen-bond donors (Lipinski definition) is 2. The average Bonchev–Trinajstić information content (AvgIpc) is 2.38. The van der Waals surface area contributed by atoms with Gasteiger partial charge >= 0.3 is 7.94 Å². The summed E-state index contributed by atoms with van der Waals surface area (Å²) in [6.45, 7) is 16.9. The molecule has 0 aliphatic rings. The number of phenolic OH excluding ortho intramolecular Hbond substituents is 1. The normalized spacial score (nSPS) is 13.4. The summed E-state index contributed by atoms with van der Waals surface area (Å²) in [7, 11) is -2.93. The van der Waals surface area contributed by atoms with Crippen LogP contribution in [0, 0.1) is 0 Å². The summed E-state index contributed by atoms with van der Waals surface area (Å²) in [5.74, 6) is 0.341. The first kappa shape index (κ1) is 21.4. The molecule has 2 N–H and O–H groups in total. The van der Waals surface area contributed by atoms with Crippen LogP contribution in [-0.2, 0) is 26.0 Å². The van der Waals surface area contributed by atoms with Gasteiger partial charge in [-0.3, -0.25) is 0 Å². The minimum absolute atomic E-state index is 0.201. The zero-order chi connectivity index (χ0) is 18.8. The molecule has 0 bridgehead atoms. The first-order valence-corrected chi connectivity index (χ1v) is 10.4. The number of phenols is 1. The Morgan fingerprint density at radius 1 is 0.875 bits per heavy atom. The van der Waals surface area contributed by atoms with Gasteiger partial charge in [0.1, 0.15) is 5.75 Å². The van der Waals surface area contributed by atoms with E-state index < -0.39 is 7.94 Å². The molecule has 0 saturated heterocycles. The molecule has 0 amide bonds. The molecule has 0 spiro atoms. The van der Waals surface area contributed by atoms with E-state index >= 15 is 0 Å². The zero-order valence-electron chi connectivity index (χ0n) is 16.4. The third-order valence-corrected chi connectivity index (χ3v) is 5.92. The van der Waals surface area contributed by atoms with E-state index in [1.165, 1.54) is 0 Å². The minimum atomic E-state index is -2.93. The lowest BCUT2D eigenvalue weighted by molar-refractivity contribution is 0.188. The van der Waals surface area contributed by atoms with E-state index in [-0.39, 0.29) is 10.8 Å². The maximum atomic E-state index is 10.8. The molecule has 24 heavy (non-hydrogen) atoms. The van der Waals surface area contributed by atoms with Gasteiger partial charge in [0.2, 0.25) is 0 Å². The summed E-state index contributed by atoms with van der Waals surface area (Å²) in [6.07, 6.45) is 0.321. The summed E-state index contributed by atoms with van der Waals surface area (Å²) < 4.78 is 11.1. The van der Waals surface area contributed by atoms with Crippen LogP contribution < -0.4 is 0 Å². The van der Waals surface area contributed by atoms with Gasteiger partial charge in [-0.15, -0.1) is 0 Å². The summed E-state index contributed by atoms with van der Waals surface area (Å²) in [4.78, 5) is 10.7. The Bertz CT molecular complexity index is 514. The van der Waals surface area contributed by atoms with Crippen molar-refractivity contribution in [3.63, 3.8) is 0 Å². The highest BCUT2D eigenvalue weighted by atomic mass is 31.2. The Morgan fingerprint density at radius 2 is 1.25 bits per heavy atom. The summed E-state index contributed by atoms with van der Waals surface area (Å²) >= 11 is 0. The van der Waals surface area contributed by atoms with Crippen molar-refractivity contribution in [3.05, 3.63) is 28.8 Å². The molecule has 0 radical (unpaired) electrons. The first-order valence-electron chi connectivity index (χ1n) is 8.60. The van der Waals surface area contributed by atoms with Crippen LogP contribution in [0.3, 0.4) is 0 Å². The smallest absolute Gasteiger partial charge is 0.413 e. The Labute approximate surface area is 147 Å². The Hall–Kier alpha value is -0.670. The van der Waals surface area contributed by atoms with E-state index in [1.54, 1.807) is 0 Å². The van der Waals surface area contributed by atoms with Gasteiger partial charge in [-0.05, 0) is 53.5 Å². The quantitative estimate of drug-likeness (QED) is 0.677. The number of benzene rings is 1. The lowest BCUT2D eigenvalue weighted by Gasteiger charge is -2.28. The molecule has 0 saturated carbocycles. The van der Waals surface area contributed by atoms with E-state index in [0.29, 0.717) is 25.1 Å². The van der Waals surface area contributed by atoms with Crippen molar-refractivity contribution in [1.29, 1.82) is 0 Å². The Balaban J connectivity index is 3.43. The lowest BCUT2D eigenvalue weighted by Crippen LogP contribution is -2.18. The standard InChI is InChI=1S/C19H33O4P/c1-9-22-24(21,23-10-2)13-14-11-15(18(3,4)5)17(20)16(12-14)19(6,7)8/h11-12,21H,9-10,13H2,1-8H3/p+1. The molecular weight excluding hydrogens is 323 g/mol. The van der Waals surface area contributed by atoms with Gasteiger partial charge in [0.05, 0.1) is 13.2 Å². The molecule has 0 aliphatic heterocycles. The number of hydrogen-bond acceptors (Lipinski definition) is 4. The SMILES string of the molecule is CCO[P+](O)(Cc1cc(C(C)(C)C)c(O)c(C(C)(C)C)c1)OCC. The molecule has 1 aromatic carbocycles. The minimum Gasteiger partial charge on any atom is -0.507 e. The van der Waals surface area contributed by atoms with E-state index in [9.17, 15) is 10.00 Å². The van der Waals surface area contributed by atoms with Crippen LogP contribution in [0.15, 0.2) is 12.1 Å². The summed E-state index contributed by atoms with van der Waals surface area (Å²) in [5, 5.41) is 10.8. The topological polar surface area (TPSA) is 58.9 Å². The largest absolute Gasteiger partial charge is 0.507 e. The van der Waals surface area contributed by atoms with Crippen molar-refractivity contribution >= 4 is 7.94 Å². The highest BCUT2D eigenvalue weighted by Crippen LogP contribution is 2.60. The predicted molar refractivity (Wildman–Crippen MR) is 102 cm³/mol. The van der Waals surface area contributed by atoms with E-state index in [0.717, 1.165) is 16.7 Å². The van der Waals surface area contributed by atoms with Crippen LogP contribution in [0.4, 0.5) is 0 Å². The summed E-state index contributed by atoms with van der Waals surface area (Å²) in [5.41, 5.74) is 2.29. The van der Waals surface area contributed by atoms with Gasteiger partial charge in [0.25, 0.3) is 0 Å². The van der Waals surface area contributed by atoms with Crippen molar-refractivity contribution in [1.82, 2.24) is 0 Å². The molecule has 1 aromatic rings. The molecule has 0 fully saturated rings. The molecule has 0 aromatic heterocycles. The van der Waals surface area contributed by atoms with E-state index in [2.05, 4.69) is 41.5 Å². The zero-order valence-corrected chi connectivity index (χ0v) is 17.3. The molecule has 0 aliphatic carbocycles. The maximum Gasteiger partial charge on any atom is 0.413 e. The molecule has 1 rings (SSSR count). The molecule has 0 unspecified atom stereocenters. The number of aromatic hydroxyl groups is 1. The highest BCUT2D eigenvalue weighted by Gasteiger charge is 2.41. The second-order valence-electron chi connectivity index (χ2n) is 8.17. The molecule has 5 heteroatoms. The van der Waals surface area contributed by atoms with Crippen LogP contribution >= 0.6 is 7.94 Å². The van der Waals surface area contributed by atoms with Gasteiger partial charge in [-0.25, -0.2) is 0 Å². The third-order valence-electron chi connectivity index (χ3n) is 3.83. The van der Waals surface area contributed by atoms with Gasteiger partial charge in [0, 0.05) is 0 Å². The second-order valence-corrected chi connectivity index (χ2v) is 10.3. The van der Waals surface area contributed by atoms with Gasteiger partial charge < -0.3 is 5.11 Å². The maximum absolute atomic E-state index is 10.8.